The highest BCUT2D eigenvalue weighted by molar-refractivity contribution is 7.10. The van der Waals surface area contributed by atoms with Crippen molar-refractivity contribution >= 4 is 52.0 Å². The monoisotopic (exact) mass is 513 g/mol. The molecule has 35 heavy (non-hydrogen) atoms. The van der Waals surface area contributed by atoms with Crippen LogP contribution in [0.3, 0.4) is 0 Å². The van der Waals surface area contributed by atoms with Crippen LogP contribution in [0.2, 0.25) is 0 Å². The van der Waals surface area contributed by atoms with E-state index in [9.17, 15) is 14.4 Å². The normalized spacial score (nSPS) is 16.1. The maximum atomic E-state index is 13.9. The van der Waals surface area contributed by atoms with Crippen molar-refractivity contribution in [3.8, 4) is 0 Å². The highest BCUT2D eigenvalue weighted by Gasteiger charge is 2.36. The van der Waals surface area contributed by atoms with E-state index >= 15 is 0 Å². The van der Waals surface area contributed by atoms with Gasteiger partial charge in [-0.15, -0.1) is 11.3 Å². The van der Waals surface area contributed by atoms with Crippen LogP contribution < -0.4 is 21.7 Å². The smallest absolute Gasteiger partial charge is 0.273 e. The number of hydrogen-bond acceptors (Lipinski definition) is 8. The summed E-state index contributed by atoms with van der Waals surface area (Å²) < 4.78 is 9.62. The van der Waals surface area contributed by atoms with Gasteiger partial charge in [-0.2, -0.15) is 4.37 Å². The van der Waals surface area contributed by atoms with E-state index in [0.717, 1.165) is 36.4 Å². The number of carbonyl (C=O) groups excluding carboxylic acids is 3. The third-order valence-electron chi connectivity index (χ3n) is 5.84. The number of rotatable bonds is 9. The average molecular weight is 514 g/mol. The van der Waals surface area contributed by atoms with Crippen molar-refractivity contribution in [2.24, 2.45) is 5.73 Å². The highest BCUT2D eigenvalue weighted by atomic mass is 32.1. The molecule has 3 heterocycles. The Labute approximate surface area is 211 Å². The SMILES string of the molecule is CCc1ccc(N(C(=O)c2snc(C(N)=O)c2N)[C@H](C(=O)NC[C@H]2CCCO2)c2cccs2)cc1. The van der Waals surface area contributed by atoms with Gasteiger partial charge in [-0.1, -0.05) is 25.1 Å². The van der Waals surface area contributed by atoms with E-state index in [1.807, 2.05) is 36.6 Å². The maximum absolute atomic E-state index is 13.9. The van der Waals surface area contributed by atoms with E-state index in [1.165, 1.54) is 16.2 Å². The molecular formula is C24H27N5O4S2. The molecule has 0 saturated carbocycles. The van der Waals surface area contributed by atoms with Crippen molar-refractivity contribution in [3.05, 3.63) is 62.8 Å². The van der Waals surface area contributed by atoms with Crippen molar-refractivity contribution < 1.29 is 19.1 Å². The standard InChI is InChI=1S/C24H27N5O4S2/c1-2-14-7-9-15(10-8-14)29(24(32)21-18(25)19(22(26)30)28-35-21)20(17-6-4-12-34-17)23(31)27-13-16-5-3-11-33-16/h4,6-10,12,16,20H,2-3,5,11,13,25H2,1H3,(H2,26,30)(H,27,31)/t16-,20+/m1/s1. The van der Waals surface area contributed by atoms with Crippen LogP contribution in [0.5, 0.6) is 0 Å². The Bertz CT molecular complexity index is 1190. The molecule has 1 aliphatic heterocycles. The van der Waals surface area contributed by atoms with Crippen LogP contribution in [0.15, 0.2) is 41.8 Å². The number of anilines is 2. The zero-order valence-corrected chi connectivity index (χ0v) is 20.9. The summed E-state index contributed by atoms with van der Waals surface area (Å²) >= 11 is 2.16. The molecule has 1 saturated heterocycles. The second-order valence-corrected chi connectivity index (χ2v) is 9.88. The van der Waals surface area contributed by atoms with Crippen LogP contribution >= 0.6 is 22.9 Å². The lowest BCUT2D eigenvalue weighted by molar-refractivity contribution is -0.122. The Morgan fingerprint density at radius 3 is 2.60 bits per heavy atom. The second-order valence-electron chi connectivity index (χ2n) is 8.13. The Kier molecular flexibility index (Phi) is 7.79. The van der Waals surface area contributed by atoms with Gasteiger partial charge < -0.3 is 21.5 Å². The van der Waals surface area contributed by atoms with Crippen molar-refractivity contribution in [3.63, 3.8) is 0 Å². The van der Waals surface area contributed by atoms with Gasteiger partial charge in [-0.05, 0) is 59.9 Å². The molecule has 0 bridgehead atoms. The van der Waals surface area contributed by atoms with Crippen LogP contribution in [-0.2, 0) is 16.0 Å². The number of nitrogens with one attached hydrogen (secondary N) is 1. The fourth-order valence-electron chi connectivity index (χ4n) is 3.95. The third-order valence-corrected chi connectivity index (χ3v) is 7.62. The van der Waals surface area contributed by atoms with Crippen molar-refractivity contribution in [1.29, 1.82) is 0 Å². The Morgan fingerprint density at radius 2 is 2.03 bits per heavy atom. The number of aromatic nitrogens is 1. The summed E-state index contributed by atoms with van der Waals surface area (Å²) in [6.45, 7) is 3.07. The molecule has 11 heteroatoms. The third kappa shape index (κ3) is 5.37. The van der Waals surface area contributed by atoms with E-state index in [0.29, 0.717) is 23.7 Å². The molecule has 5 N–H and O–H groups in total. The molecule has 0 aliphatic carbocycles. The molecular weight excluding hydrogens is 486 g/mol. The number of nitrogens with two attached hydrogens (primary N) is 2. The molecule has 184 valence electrons. The summed E-state index contributed by atoms with van der Waals surface area (Å²) in [4.78, 5) is 41.4. The van der Waals surface area contributed by atoms with Crippen LogP contribution in [0.1, 0.15) is 56.4 Å². The minimum atomic E-state index is -0.963. The number of benzene rings is 1. The number of nitrogens with zero attached hydrogens (tertiary/aromatic N) is 2. The van der Waals surface area contributed by atoms with Crippen LogP contribution in [0.25, 0.3) is 0 Å². The number of carbonyl (C=O) groups is 3. The summed E-state index contributed by atoms with van der Waals surface area (Å²) in [7, 11) is 0. The minimum absolute atomic E-state index is 0.0480. The zero-order valence-electron chi connectivity index (χ0n) is 19.2. The quantitative estimate of drug-likeness (QED) is 0.401. The Morgan fingerprint density at radius 1 is 1.26 bits per heavy atom. The molecule has 9 nitrogen and oxygen atoms in total. The molecule has 0 radical (unpaired) electrons. The van der Waals surface area contributed by atoms with Gasteiger partial charge in [0.25, 0.3) is 11.8 Å². The summed E-state index contributed by atoms with van der Waals surface area (Å²) in [5.74, 6) is -1.70. The van der Waals surface area contributed by atoms with Crippen molar-refractivity contribution in [1.82, 2.24) is 9.69 Å². The van der Waals surface area contributed by atoms with Crippen LogP contribution in [0, 0.1) is 0 Å². The molecule has 4 rings (SSSR count). The van der Waals surface area contributed by atoms with Gasteiger partial charge >= 0.3 is 0 Å². The van der Waals surface area contributed by atoms with Crippen molar-refractivity contribution in [2.75, 3.05) is 23.8 Å². The first-order chi connectivity index (χ1) is 16.9. The van der Waals surface area contributed by atoms with Crippen LogP contribution in [0.4, 0.5) is 11.4 Å². The lowest BCUT2D eigenvalue weighted by atomic mass is 10.1. The Balaban J connectivity index is 1.76. The number of primary amides is 1. The fourth-order valence-corrected chi connectivity index (χ4v) is 5.51. The molecule has 0 spiro atoms. The molecule has 2 atom stereocenters. The lowest BCUT2D eigenvalue weighted by Crippen LogP contribution is -2.45. The average Bonchev–Trinajstić information content (AvgIpc) is 3.63. The van der Waals surface area contributed by atoms with Crippen molar-refractivity contribution in [2.45, 2.75) is 38.3 Å². The summed E-state index contributed by atoms with van der Waals surface area (Å²) in [5.41, 5.74) is 12.8. The predicted octanol–water partition coefficient (Wildman–Crippen LogP) is 3.13. The first-order valence-corrected chi connectivity index (χ1v) is 13.0. The van der Waals surface area contributed by atoms with Gasteiger partial charge in [-0.25, -0.2) is 0 Å². The summed E-state index contributed by atoms with van der Waals surface area (Å²) in [6.07, 6.45) is 2.61. The highest BCUT2D eigenvalue weighted by Crippen LogP contribution is 2.35. The van der Waals surface area contributed by atoms with Gasteiger partial charge in [-0.3, -0.25) is 19.3 Å². The number of nitrogen functional groups attached to an aromatic ring is 1. The molecule has 2 aromatic heterocycles. The lowest BCUT2D eigenvalue weighted by Gasteiger charge is -2.30. The topological polar surface area (TPSA) is 141 Å². The summed E-state index contributed by atoms with van der Waals surface area (Å²) in [5, 5.41) is 4.81. The molecule has 0 unspecified atom stereocenters. The molecule has 3 aromatic rings. The molecule has 1 aliphatic rings. The molecule has 1 fully saturated rings. The number of ether oxygens (including phenoxy) is 1. The number of amides is 3. The first-order valence-electron chi connectivity index (χ1n) is 11.3. The Hall–Kier alpha value is -3.28. The summed E-state index contributed by atoms with van der Waals surface area (Å²) in [6, 6.07) is 10.1. The predicted molar refractivity (Wildman–Crippen MR) is 137 cm³/mol. The van der Waals surface area contributed by atoms with E-state index in [2.05, 4.69) is 9.69 Å². The largest absolute Gasteiger partial charge is 0.395 e. The van der Waals surface area contributed by atoms with Gasteiger partial charge in [0.05, 0.1) is 11.8 Å². The molecule has 3 amide bonds. The minimum Gasteiger partial charge on any atom is -0.395 e. The van der Waals surface area contributed by atoms with Gasteiger partial charge in [0, 0.05) is 23.7 Å². The van der Waals surface area contributed by atoms with Crippen LogP contribution in [-0.4, -0.2) is 41.4 Å². The number of hydrogen-bond donors (Lipinski definition) is 3. The van der Waals surface area contributed by atoms with E-state index in [1.54, 1.807) is 12.1 Å². The number of aryl methyl sites for hydroxylation is 1. The van der Waals surface area contributed by atoms with E-state index in [-0.39, 0.29) is 28.3 Å². The van der Waals surface area contributed by atoms with E-state index < -0.39 is 17.9 Å². The van der Waals surface area contributed by atoms with Gasteiger partial charge in [0.2, 0.25) is 5.91 Å². The first kappa shape index (κ1) is 24.8. The fraction of sp³-hybridized carbons (Fsp3) is 0.333. The second kappa shape index (κ2) is 11.0. The molecule has 1 aromatic carbocycles. The number of thiophene rings is 1. The van der Waals surface area contributed by atoms with Gasteiger partial charge in [0.15, 0.2) is 11.7 Å². The zero-order chi connectivity index (χ0) is 24.9. The maximum Gasteiger partial charge on any atom is 0.273 e. The van der Waals surface area contributed by atoms with Gasteiger partial charge in [0.1, 0.15) is 4.88 Å². The van der Waals surface area contributed by atoms with E-state index in [4.69, 9.17) is 16.2 Å².